The van der Waals surface area contributed by atoms with Gasteiger partial charge in [0.1, 0.15) is 5.82 Å². The molecule has 1 aromatic rings. The molecular weight excluding hydrogens is 215 g/mol. The first-order chi connectivity index (χ1) is 8.04. The molecule has 0 aliphatic carbocycles. The molecule has 0 aliphatic rings. The normalized spacial score (nSPS) is 13.4. The predicted octanol–water partition coefficient (Wildman–Crippen LogP) is 2.77. The molecule has 0 heterocycles. The molecule has 1 atom stereocenters. The van der Waals surface area contributed by atoms with Gasteiger partial charge in [-0.15, -0.1) is 0 Å². The average Bonchev–Trinajstić information content (AvgIpc) is 2.30. The van der Waals surface area contributed by atoms with Gasteiger partial charge in [-0.2, -0.15) is 0 Å². The Bertz CT molecular complexity index is 321. The molecule has 2 nitrogen and oxygen atoms in total. The Morgan fingerprint density at radius 2 is 1.65 bits per heavy atom. The Morgan fingerprint density at radius 1 is 1.06 bits per heavy atom. The summed E-state index contributed by atoms with van der Waals surface area (Å²) < 4.78 is 12.9. The summed E-state index contributed by atoms with van der Waals surface area (Å²) >= 11 is 0. The zero-order chi connectivity index (χ0) is 12.8. The molecule has 0 unspecified atom stereocenters. The van der Waals surface area contributed by atoms with Crippen LogP contribution in [0.2, 0.25) is 0 Å². The van der Waals surface area contributed by atoms with Crippen LogP contribution in [0.15, 0.2) is 24.3 Å². The summed E-state index contributed by atoms with van der Waals surface area (Å²) in [5.41, 5.74) is 1.19. The monoisotopic (exact) mass is 238 g/mol. The van der Waals surface area contributed by atoms with Crippen molar-refractivity contribution in [1.82, 2.24) is 9.80 Å². The number of hydrogen-bond donors (Lipinski definition) is 0. The minimum absolute atomic E-state index is 0.167. The van der Waals surface area contributed by atoms with Crippen LogP contribution in [-0.2, 0) is 0 Å². The number of benzene rings is 1. The van der Waals surface area contributed by atoms with E-state index >= 15 is 0 Å². The zero-order valence-corrected chi connectivity index (χ0v) is 11.3. The van der Waals surface area contributed by atoms with E-state index in [-0.39, 0.29) is 5.82 Å². The highest BCUT2D eigenvalue weighted by atomic mass is 19.1. The van der Waals surface area contributed by atoms with E-state index in [9.17, 15) is 4.39 Å². The summed E-state index contributed by atoms with van der Waals surface area (Å²) in [5, 5.41) is 0. The van der Waals surface area contributed by atoms with Gasteiger partial charge in [0.25, 0.3) is 0 Å². The number of rotatable bonds is 6. The van der Waals surface area contributed by atoms with Crippen molar-refractivity contribution in [2.75, 3.05) is 34.2 Å². The third-order valence-corrected chi connectivity index (χ3v) is 3.07. The lowest BCUT2D eigenvalue weighted by Crippen LogP contribution is -2.31. The summed E-state index contributed by atoms with van der Waals surface area (Å²) in [4.78, 5) is 4.50. The van der Waals surface area contributed by atoms with Crippen LogP contribution in [0.3, 0.4) is 0 Å². The zero-order valence-electron chi connectivity index (χ0n) is 11.3. The molecule has 3 heteroatoms. The lowest BCUT2D eigenvalue weighted by Gasteiger charge is -2.28. The number of hydrogen-bond acceptors (Lipinski definition) is 2. The average molecular weight is 238 g/mol. The van der Waals surface area contributed by atoms with Crippen LogP contribution < -0.4 is 0 Å². The number of halogens is 1. The van der Waals surface area contributed by atoms with Gasteiger partial charge < -0.3 is 4.90 Å². The standard InChI is InChI=1S/C14H23FN2/c1-5-14(17(4)11-10-16(2)3)12-6-8-13(15)9-7-12/h6-9,14H,5,10-11H2,1-4H3/t14-/m1/s1. The van der Waals surface area contributed by atoms with Crippen molar-refractivity contribution >= 4 is 0 Å². The Labute approximate surface area is 104 Å². The van der Waals surface area contributed by atoms with Crippen molar-refractivity contribution in [2.24, 2.45) is 0 Å². The summed E-state index contributed by atoms with van der Waals surface area (Å²) in [6.07, 6.45) is 1.04. The highest BCUT2D eigenvalue weighted by Gasteiger charge is 2.14. The molecule has 0 saturated carbocycles. The minimum Gasteiger partial charge on any atom is -0.308 e. The Morgan fingerprint density at radius 3 is 2.12 bits per heavy atom. The van der Waals surface area contributed by atoms with E-state index in [4.69, 9.17) is 0 Å². The summed E-state index contributed by atoms with van der Waals surface area (Å²) in [6, 6.07) is 7.22. The smallest absolute Gasteiger partial charge is 0.123 e. The van der Waals surface area contributed by atoms with E-state index in [1.54, 1.807) is 0 Å². The largest absolute Gasteiger partial charge is 0.308 e. The van der Waals surface area contributed by atoms with E-state index in [1.807, 2.05) is 12.1 Å². The van der Waals surface area contributed by atoms with Crippen LogP contribution in [0.25, 0.3) is 0 Å². The molecule has 0 fully saturated rings. The fourth-order valence-electron chi connectivity index (χ4n) is 2.00. The first kappa shape index (κ1) is 14.1. The first-order valence-corrected chi connectivity index (χ1v) is 6.15. The van der Waals surface area contributed by atoms with Crippen molar-refractivity contribution < 1.29 is 4.39 Å². The topological polar surface area (TPSA) is 6.48 Å². The van der Waals surface area contributed by atoms with Crippen LogP contribution in [0.1, 0.15) is 24.9 Å². The molecule has 0 spiro atoms. The summed E-state index contributed by atoms with van der Waals surface area (Å²) in [7, 11) is 6.28. The third-order valence-electron chi connectivity index (χ3n) is 3.07. The molecular formula is C14H23FN2. The number of nitrogens with zero attached hydrogens (tertiary/aromatic N) is 2. The second-order valence-corrected chi connectivity index (χ2v) is 4.76. The van der Waals surface area contributed by atoms with Gasteiger partial charge in [0.05, 0.1) is 0 Å². The SMILES string of the molecule is CC[C@H](c1ccc(F)cc1)N(C)CCN(C)C. The fourth-order valence-corrected chi connectivity index (χ4v) is 2.00. The fraction of sp³-hybridized carbons (Fsp3) is 0.571. The van der Waals surface area contributed by atoms with Crippen LogP contribution in [0.5, 0.6) is 0 Å². The summed E-state index contributed by atoms with van der Waals surface area (Å²) in [5.74, 6) is -0.167. The quantitative estimate of drug-likeness (QED) is 0.752. The van der Waals surface area contributed by atoms with Crippen molar-refractivity contribution in [2.45, 2.75) is 19.4 Å². The maximum Gasteiger partial charge on any atom is 0.123 e. The van der Waals surface area contributed by atoms with Gasteiger partial charge in [-0.1, -0.05) is 19.1 Å². The molecule has 0 N–H and O–H groups in total. The first-order valence-electron chi connectivity index (χ1n) is 6.15. The van der Waals surface area contributed by atoms with Gasteiger partial charge in [-0.3, -0.25) is 4.90 Å². The van der Waals surface area contributed by atoms with Gasteiger partial charge in [0, 0.05) is 19.1 Å². The number of likely N-dealkylation sites (N-methyl/N-ethyl adjacent to an activating group) is 2. The molecule has 96 valence electrons. The van der Waals surface area contributed by atoms with Gasteiger partial charge in [-0.05, 0) is 45.3 Å². The molecule has 0 radical (unpaired) electrons. The Hall–Kier alpha value is -0.930. The molecule has 0 aromatic heterocycles. The predicted molar refractivity (Wildman–Crippen MR) is 70.6 cm³/mol. The van der Waals surface area contributed by atoms with Gasteiger partial charge >= 0.3 is 0 Å². The Balaban J connectivity index is 2.66. The third kappa shape index (κ3) is 4.44. The van der Waals surface area contributed by atoms with E-state index in [1.165, 1.54) is 17.7 Å². The van der Waals surface area contributed by atoms with Crippen LogP contribution in [0, 0.1) is 5.82 Å². The lowest BCUT2D eigenvalue weighted by molar-refractivity contribution is 0.214. The molecule has 0 aliphatic heterocycles. The molecule has 1 rings (SSSR count). The molecule has 0 saturated heterocycles. The van der Waals surface area contributed by atoms with E-state index in [0.717, 1.165) is 19.5 Å². The van der Waals surface area contributed by atoms with Crippen molar-refractivity contribution in [3.05, 3.63) is 35.6 Å². The van der Waals surface area contributed by atoms with Crippen LogP contribution >= 0.6 is 0 Å². The lowest BCUT2D eigenvalue weighted by atomic mass is 10.0. The molecule has 0 amide bonds. The highest BCUT2D eigenvalue weighted by molar-refractivity contribution is 5.19. The second kappa shape index (κ2) is 6.72. The minimum atomic E-state index is -0.167. The maximum atomic E-state index is 12.9. The van der Waals surface area contributed by atoms with E-state index in [2.05, 4.69) is 37.9 Å². The van der Waals surface area contributed by atoms with E-state index in [0.29, 0.717) is 6.04 Å². The molecule has 1 aromatic carbocycles. The van der Waals surface area contributed by atoms with Gasteiger partial charge in [-0.25, -0.2) is 4.39 Å². The summed E-state index contributed by atoms with van der Waals surface area (Å²) in [6.45, 7) is 4.22. The van der Waals surface area contributed by atoms with Gasteiger partial charge in [0.2, 0.25) is 0 Å². The van der Waals surface area contributed by atoms with Crippen molar-refractivity contribution in [3.63, 3.8) is 0 Å². The van der Waals surface area contributed by atoms with Gasteiger partial charge in [0.15, 0.2) is 0 Å². The molecule has 0 bridgehead atoms. The Kier molecular flexibility index (Phi) is 5.59. The van der Waals surface area contributed by atoms with Crippen LogP contribution in [0.4, 0.5) is 4.39 Å². The van der Waals surface area contributed by atoms with Crippen molar-refractivity contribution in [3.8, 4) is 0 Å². The maximum absolute atomic E-state index is 12.9. The van der Waals surface area contributed by atoms with E-state index < -0.39 is 0 Å². The van der Waals surface area contributed by atoms with Crippen LogP contribution in [-0.4, -0.2) is 44.0 Å². The second-order valence-electron chi connectivity index (χ2n) is 4.76. The highest BCUT2D eigenvalue weighted by Crippen LogP contribution is 2.22. The van der Waals surface area contributed by atoms with Crippen molar-refractivity contribution in [1.29, 1.82) is 0 Å². The molecule has 17 heavy (non-hydrogen) atoms.